The van der Waals surface area contributed by atoms with Crippen LogP contribution in [0, 0.1) is 0 Å². The fourth-order valence-corrected chi connectivity index (χ4v) is 0.977. The van der Waals surface area contributed by atoms with E-state index in [1.165, 1.54) is 0 Å². The Morgan fingerprint density at radius 2 is 1.36 bits per heavy atom. The molecule has 0 aliphatic carbocycles. The molecule has 0 N–H and O–H groups in total. The van der Waals surface area contributed by atoms with Gasteiger partial charge in [0.15, 0.2) is 0 Å². The average molecular weight is 378 g/mol. The Hall–Kier alpha value is 0.760. The number of hydrogen-bond acceptors (Lipinski definition) is 1. The Morgan fingerprint density at radius 3 is 1.64 bits per heavy atom. The summed E-state index contributed by atoms with van der Waals surface area (Å²) in [7, 11) is 0. The molecular weight excluding hydrogens is 373 g/mol. The van der Waals surface area contributed by atoms with Crippen LogP contribution < -0.4 is 40.1 Å². The third-order valence-corrected chi connectivity index (χ3v) is 1.71. The first-order valence-corrected chi connectivity index (χ1v) is 3.79. The molecule has 0 amide bonds. The molecule has 1 aromatic rings. The third kappa shape index (κ3) is 7.13. The van der Waals surface area contributed by atoms with Gasteiger partial charge in [0, 0.05) is 0 Å². The summed E-state index contributed by atoms with van der Waals surface area (Å²) in [5, 5.41) is 0. The van der Waals surface area contributed by atoms with Crippen LogP contribution in [0.4, 0.5) is 0 Å². The molecule has 0 unspecified atom stereocenters. The van der Waals surface area contributed by atoms with Crippen LogP contribution in [-0.4, -0.2) is 0 Å². The molecule has 0 atom stereocenters. The van der Waals surface area contributed by atoms with E-state index in [4.69, 9.17) is 2.85 Å². The van der Waals surface area contributed by atoms with Gasteiger partial charge in [-0.05, 0) is 0 Å². The van der Waals surface area contributed by atoms with E-state index in [1.54, 1.807) is 0 Å². The van der Waals surface area contributed by atoms with Crippen LogP contribution in [-0.2, 0) is 24.8 Å². The van der Waals surface area contributed by atoms with Crippen molar-refractivity contribution in [2.24, 2.45) is 0 Å². The molecule has 1 nitrogen and oxygen atoms in total. The van der Waals surface area contributed by atoms with E-state index in [0.29, 0.717) is 0 Å². The Bertz CT molecular complexity index is 159. The van der Waals surface area contributed by atoms with Crippen molar-refractivity contribution in [1.29, 1.82) is 0 Å². The summed E-state index contributed by atoms with van der Waals surface area (Å²) in [5.74, 6) is 0.971. The van der Waals surface area contributed by atoms with E-state index in [-0.39, 0.29) is 37.2 Å². The molecule has 60 valence electrons. The summed E-state index contributed by atoms with van der Waals surface area (Å²) in [6.45, 7) is 0. The maximum atomic E-state index is 5.05. The van der Waals surface area contributed by atoms with Gasteiger partial charge in [-0.15, -0.1) is 0 Å². The molecule has 0 aliphatic rings. The van der Waals surface area contributed by atoms with Crippen molar-refractivity contribution >= 4 is 0 Å². The number of para-hydroxylation sites is 1. The fourth-order valence-electron chi connectivity index (χ4n) is 0.489. The van der Waals surface area contributed by atoms with Gasteiger partial charge in [0.2, 0.25) is 0 Å². The molecule has 0 fully saturated rings. The summed E-state index contributed by atoms with van der Waals surface area (Å²) in [5.41, 5.74) is 0. The topological polar surface area (TPSA) is 9.23 Å². The van der Waals surface area contributed by atoms with Crippen LogP contribution in [0.1, 0.15) is 0 Å². The Kier molecular flexibility index (Phi) is 17.4. The Balaban J connectivity index is -0.000000213. The van der Waals surface area contributed by atoms with Crippen molar-refractivity contribution in [2.45, 2.75) is 0 Å². The molecule has 0 spiro atoms. The van der Waals surface area contributed by atoms with E-state index in [1.807, 2.05) is 30.3 Å². The van der Waals surface area contributed by atoms with Crippen molar-refractivity contribution in [3.8, 4) is 5.75 Å². The summed E-state index contributed by atoms with van der Waals surface area (Å²) in [4.78, 5) is 0. The van der Waals surface area contributed by atoms with Gasteiger partial charge in [0.1, 0.15) is 0 Å². The van der Waals surface area contributed by atoms with Gasteiger partial charge in [-0.2, -0.15) is 0 Å². The first-order valence-electron chi connectivity index (χ1n) is 2.32. The molecule has 0 radical (unpaired) electrons. The summed E-state index contributed by atoms with van der Waals surface area (Å²) in [6, 6.07) is 9.81. The van der Waals surface area contributed by atoms with Crippen LogP contribution >= 0.6 is 0 Å². The first kappa shape index (κ1) is 17.7. The minimum absolute atomic E-state index is 0. The predicted molar refractivity (Wildman–Crippen MR) is 27.1 cm³/mol. The Labute approximate surface area is 100 Å². The van der Waals surface area contributed by atoms with Crippen molar-refractivity contribution in [1.82, 2.24) is 0 Å². The number of rotatable bonds is 1. The molecule has 0 aromatic heterocycles. The molecule has 0 saturated carbocycles. The van der Waals surface area contributed by atoms with Crippen molar-refractivity contribution in [2.75, 3.05) is 0 Å². The maximum absolute atomic E-state index is 5.05. The fraction of sp³-hybridized carbons (Fsp3) is 0. The zero-order valence-electron chi connectivity index (χ0n) is 5.43. The van der Waals surface area contributed by atoms with E-state index < -0.39 is 0 Å². The molecule has 0 aliphatic heterocycles. The van der Waals surface area contributed by atoms with Crippen LogP contribution in [0.25, 0.3) is 0 Å². The van der Waals surface area contributed by atoms with Crippen molar-refractivity contribution in [3.05, 3.63) is 30.3 Å². The van der Waals surface area contributed by atoms with Crippen LogP contribution in [0.2, 0.25) is 0 Å². The molecule has 11 heavy (non-hydrogen) atoms. The van der Waals surface area contributed by atoms with E-state index in [9.17, 15) is 0 Å². The quantitative estimate of drug-likeness (QED) is 0.442. The minimum atomic E-state index is 0. The molecule has 1 aromatic carbocycles. The molecular formula is C6H5Cl3HfO. The summed E-state index contributed by atoms with van der Waals surface area (Å²) in [6.07, 6.45) is 0. The van der Waals surface area contributed by atoms with Gasteiger partial charge in [-0.25, -0.2) is 0 Å². The van der Waals surface area contributed by atoms with Gasteiger partial charge in [-0.1, -0.05) is 0 Å². The standard InChI is InChI=1S/C6H6O.3ClH.Hf/c7-6-4-2-1-3-5-6;;;;/h1-5,7H;3*1H;/q;;;;+4/p-4. The van der Waals surface area contributed by atoms with Crippen molar-refractivity contribution in [3.63, 3.8) is 0 Å². The monoisotopic (exact) mass is 378 g/mol. The number of benzene rings is 1. The normalized spacial score (nSPS) is 6.36. The zero-order chi connectivity index (χ0) is 5.82. The molecule has 1 rings (SSSR count). The number of hydrogen-bond donors (Lipinski definition) is 0. The predicted octanol–water partition coefficient (Wildman–Crippen LogP) is -7.46. The van der Waals surface area contributed by atoms with Crippen molar-refractivity contribution < 1.29 is 64.9 Å². The Morgan fingerprint density at radius 1 is 0.909 bits per heavy atom. The second-order valence-corrected chi connectivity index (χ2v) is 2.15. The van der Waals surface area contributed by atoms with Gasteiger partial charge < -0.3 is 37.2 Å². The molecule has 0 saturated heterocycles. The van der Waals surface area contributed by atoms with Gasteiger partial charge in [0.05, 0.1) is 0 Å². The third-order valence-electron chi connectivity index (χ3n) is 0.861. The molecule has 0 bridgehead atoms. The van der Waals surface area contributed by atoms with Crippen LogP contribution in [0.5, 0.6) is 5.75 Å². The molecule has 0 heterocycles. The van der Waals surface area contributed by atoms with Gasteiger partial charge in [-0.3, -0.25) is 0 Å². The summed E-state index contributed by atoms with van der Waals surface area (Å²) < 4.78 is 5.05. The first-order chi connectivity index (χ1) is 3.93. The van der Waals surface area contributed by atoms with E-state index in [0.717, 1.165) is 30.6 Å². The zero-order valence-corrected chi connectivity index (χ0v) is 11.3. The second-order valence-electron chi connectivity index (χ2n) is 1.42. The van der Waals surface area contributed by atoms with Gasteiger partial charge >= 0.3 is 63.7 Å². The van der Waals surface area contributed by atoms with Crippen LogP contribution in [0.15, 0.2) is 30.3 Å². The van der Waals surface area contributed by atoms with Crippen LogP contribution in [0.3, 0.4) is 0 Å². The summed E-state index contributed by atoms with van der Waals surface area (Å²) >= 11 is 0.777. The van der Waals surface area contributed by atoms with Gasteiger partial charge in [0.25, 0.3) is 0 Å². The van der Waals surface area contributed by atoms with E-state index >= 15 is 0 Å². The number of halogens is 3. The SMILES string of the molecule is [Cl-].[Cl-].[Cl-].[Hf+3][O]c1ccccc1. The average Bonchev–Trinajstić information content (AvgIpc) is 1.90. The second kappa shape index (κ2) is 10.8. The van der Waals surface area contributed by atoms with E-state index in [2.05, 4.69) is 0 Å². The molecule has 5 heteroatoms.